The quantitative estimate of drug-likeness (QED) is 0.813. The van der Waals surface area contributed by atoms with Gasteiger partial charge in [-0.25, -0.2) is 9.97 Å². The Balaban J connectivity index is 1.83. The Morgan fingerprint density at radius 2 is 2.10 bits per heavy atom. The highest BCUT2D eigenvalue weighted by Crippen LogP contribution is 2.23. The van der Waals surface area contributed by atoms with Crippen LogP contribution in [0.25, 0.3) is 11.2 Å². The second-order valence-electron chi connectivity index (χ2n) is 6.01. The molecule has 3 heterocycles. The van der Waals surface area contributed by atoms with Crippen molar-refractivity contribution in [2.45, 2.75) is 39.1 Å². The predicted octanol–water partition coefficient (Wildman–Crippen LogP) is 3.21. The molecule has 0 radical (unpaired) electrons. The number of aryl methyl sites for hydroxylation is 1. The molecule has 0 spiro atoms. The van der Waals surface area contributed by atoms with Crippen LogP contribution in [0, 0.1) is 12.8 Å². The second kappa shape index (κ2) is 6.32. The number of aromatic nitrogens is 3. The van der Waals surface area contributed by atoms with E-state index >= 15 is 0 Å². The van der Waals surface area contributed by atoms with Crippen LogP contribution in [0.3, 0.4) is 0 Å². The van der Waals surface area contributed by atoms with Crippen molar-refractivity contribution < 1.29 is 0 Å². The molecule has 0 unspecified atom stereocenters. The summed E-state index contributed by atoms with van der Waals surface area (Å²) in [6, 6.07) is 2.09. The molecular weight excluding hydrogens is 284 g/mol. The van der Waals surface area contributed by atoms with Crippen LogP contribution in [0.2, 0.25) is 0 Å². The number of imidazole rings is 1. The summed E-state index contributed by atoms with van der Waals surface area (Å²) < 4.78 is 2.23. The molecule has 0 bridgehead atoms. The van der Waals surface area contributed by atoms with Gasteiger partial charge in [0.2, 0.25) is 0 Å². The Kier molecular flexibility index (Phi) is 4.45. The van der Waals surface area contributed by atoms with Gasteiger partial charge in [-0.1, -0.05) is 6.92 Å². The minimum atomic E-state index is 0.448. The van der Waals surface area contributed by atoms with Gasteiger partial charge in [-0.15, -0.1) is 11.6 Å². The van der Waals surface area contributed by atoms with E-state index in [1.54, 1.807) is 0 Å². The van der Waals surface area contributed by atoms with E-state index in [0.29, 0.717) is 11.8 Å². The lowest BCUT2D eigenvalue weighted by atomic mass is 9.96. The largest absolute Gasteiger partial charge is 0.311 e. The molecule has 21 heavy (non-hydrogen) atoms. The fraction of sp³-hybridized carbons (Fsp3) is 0.625. The molecule has 0 aromatic carbocycles. The number of hydrogen-bond acceptors (Lipinski definition) is 3. The van der Waals surface area contributed by atoms with Crippen molar-refractivity contribution in [3.05, 3.63) is 23.7 Å². The number of pyridine rings is 1. The molecule has 1 fully saturated rings. The van der Waals surface area contributed by atoms with Crippen LogP contribution < -0.4 is 0 Å². The number of halogens is 1. The normalized spacial score (nSPS) is 17.7. The monoisotopic (exact) mass is 306 g/mol. The lowest BCUT2D eigenvalue weighted by Gasteiger charge is -2.31. The van der Waals surface area contributed by atoms with E-state index in [1.807, 2.05) is 13.1 Å². The molecule has 0 N–H and O–H groups in total. The number of rotatable bonds is 4. The highest BCUT2D eigenvalue weighted by Gasteiger charge is 2.21. The molecule has 0 aliphatic carbocycles. The van der Waals surface area contributed by atoms with Gasteiger partial charge < -0.3 is 9.47 Å². The maximum Gasteiger partial charge on any atom is 0.160 e. The van der Waals surface area contributed by atoms with Gasteiger partial charge in [0, 0.05) is 12.7 Å². The predicted molar refractivity (Wildman–Crippen MR) is 86.7 cm³/mol. The van der Waals surface area contributed by atoms with Crippen LogP contribution in [0.4, 0.5) is 0 Å². The Morgan fingerprint density at radius 3 is 2.76 bits per heavy atom. The number of likely N-dealkylation sites (tertiary alicyclic amines) is 1. The summed E-state index contributed by atoms with van der Waals surface area (Å²) in [7, 11) is 0. The highest BCUT2D eigenvalue weighted by molar-refractivity contribution is 6.16. The van der Waals surface area contributed by atoms with Gasteiger partial charge in [0.15, 0.2) is 5.65 Å². The van der Waals surface area contributed by atoms with Crippen molar-refractivity contribution in [1.29, 1.82) is 0 Å². The summed E-state index contributed by atoms with van der Waals surface area (Å²) in [6.45, 7) is 8.85. The van der Waals surface area contributed by atoms with E-state index in [0.717, 1.165) is 35.6 Å². The van der Waals surface area contributed by atoms with Crippen molar-refractivity contribution in [3.63, 3.8) is 0 Å². The van der Waals surface area contributed by atoms with Crippen LogP contribution in [0.5, 0.6) is 0 Å². The molecule has 114 valence electrons. The zero-order chi connectivity index (χ0) is 14.8. The zero-order valence-corrected chi connectivity index (χ0v) is 13.6. The molecule has 1 aliphatic rings. The number of fused-ring (bicyclic) bond motifs is 1. The molecule has 1 aliphatic heterocycles. The van der Waals surface area contributed by atoms with Gasteiger partial charge in [0.25, 0.3) is 0 Å². The lowest BCUT2D eigenvalue weighted by molar-refractivity contribution is 0.181. The van der Waals surface area contributed by atoms with Gasteiger partial charge in [0.1, 0.15) is 11.3 Å². The summed E-state index contributed by atoms with van der Waals surface area (Å²) in [5.74, 6) is 2.10. The van der Waals surface area contributed by atoms with E-state index in [1.165, 1.54) is 25.9 Å². The van der Waals surface area contributed by atoms with E-state index in [2.05, 4.69) is 32.4 Å². The van der Waals surface area contributed by atoms with Gasteiger partial charge >= 0.3 is 0 Å². The standard InChI is InChI=1S/C16H23ClN4/c1-3-20-6-4-13(5-7-20)11-21-15(9-17)19-14-8-12(2)10-18-16(14)21/h8,10,13H,3-7,9,11H2,1-2H3. The van der Waals surface area contributed by atoms with Crippen LogP contribution >= 0.6 is 11.6 Å². The van der Waals surface area contributed by atoms with Crippen molar-refractivity contribution in [1.82, 2.24) is 19.4 Å². The van der Waals surface area contributed by atoms with Crippen molar-refractivity contribution in [2.75, 3.05) is 19.6 Å². The minimum Gasteiger partial charge on any atom is -0.311 e. The van der Waals surface area contributed by atoms with Gasteiger partial charge in [-0.3, -0.25) is 0 Å². The SMILES string of the molecule is CCN1CCC(Cn2c(CCl)nc3cc(C)cnc32)CC1. The Hall–Kier alpha value is -1.13. The third-order valence-corrected chi connectivity index (χ3v) is 4.75. The topological polar surface area (TPSA) is 34.0 Å². The molecule has 0 amide bonds. The number of hydrogen-bond donors (Lipinski definition) is 0. The maximum atomic E-state index is 6.09. The van der Waals surface area contributed by atoms with E-state index in [9.17, 15) is 0 Å². The first-order valence-corrected chi connectivity index (χ1v) is 8.34. The van der Waals surface area contributed by atoms with Crippen LogP contribution in [0.15, 0.2) is 12.3 Å². The molecular formula is C16H23ClN4. The molecule has 2 aromatic rings. The Bertz CT molecular complexity index is 614. The van der Waals surface area contributed by atoms with Gasteiger partial charge in [-0.2, -0.15) is 0 Å². The van der Waals surface area contributed by atoms with E-state index in [4.69, 9.17) is 11.6 Å². The van der Waals surface area contributed by atoms with E-state index in [-0.39, 0.29) is 0 Å². The average Bonchev–Trinajstić information content (AvgIpc) is 2.85. The first-order valence-electron chi connectivity index (χ1n) is 7.81. The minimum absolute atomic E-state index is 0.448. The van der Waals surface area contributed by atoms with Crippen LogP contribution in [0.1, 0.15) is 31.2 Å². The van der Waals surface area contributed by atoms with Crippen LogP contribution in [-0.4, -0.2) is 39.1 Å². The van der Waals surface area contributed by atoms with E-state index < -0.39 is 0 Å². The van der Waals surface area contributed by atoms with Gasteiger partial charge in [-0.05, 0) is 56.9 Å². The number of alkyl halides is 1. The zero-order valence-electron chi connectivity index (χ0n) is 12.8. The molecule has 3 rings (SSSR count). The summed E-state index contributed by atoms with van der Waals surface area (Å²) in [6.07, 6.45) is 4.42. The molecule has 1 saturated heterocycles. The first-order chi connectivity index (χ1) is 10.2. The first kappa shape index (κ1) is 14.8. The van der Waals surface area contributed by atoms with Gasteiger partial charge in [0.05, 0.1) is 5.88 Å². The summed E-state index contributed by atoms with van der Waals surface area (Å²) in [5.41, 5.74) is 3.09. The molecule has 2 aromatic heterocycles. The third kappa shape index (κ3) is 3.06. The highest BCUT2D eigenvalue weighted by atomic mass is 35.5. The second-order valence-corrected chi connectivity index (χ2v) is 6.27. The molecule has 4 nitrogen and oxygen atoms in total. The fourth-order valence-corrected chi connectivity index (χ4v) is 3.40. The molecule has 0 saturated carbocycles. The maximum absolute atomic E-state index is 6.09. The third-order valence-electron chi connectivity index (χ3n) is 4.52. The number of piperidine rings is 1. The fourth-order valence-electron chi connectivity index (χ4n) is 3.20. The molecule has 5 heteroatoms. The van der Waals surface area contributed by atoms with Crippen molar-refractivity contribution in [2.24, 2.45) is 5.92 Å². The summed E-state index contributed by atoms with van der Waals surface area (Å²) >= 11 is 6.09. The summed E-state index contributed by atoms with van der Waals surface area (Å²) in [4.78, 5) is 11.7. The number of nitrogens with zero attached hydrogens (tertiary/aromatic N) is 4. The Labute approximate surface area is 131 Å². The smallest absolute Gasteiger partial charge is 0.160 e. The Morgan fingerprint density at radius 1 is 1.33 bits per heavy atom. The van der Waals surface area contributed by atoms with Crippen molar-refractivity contribution in [3.8, 4) is 0 Å². The molecule has 0 atom stereocenters. The lowest BCUT2D eigenvalue weighted by Crippen LogP contribution is -2.34. The average molecular weight is 307 g/mol. The summed E-state index contributed by atoms with van der Waals surface area (Å²) in [5, 5.41) is 0. The van der Waals surface area contributed by atoms with Crippen LogP contribution in [-0.2, 0) is 12.4 Å². The van der Waals surface area contributed by atoms with Crippen molar-refractivity contribution >= 4 is 22.8 Å².